The lowest BCUT2D eigenvalue weighted by Gasteiger charge is -2.29. The van der Waals surface area contributed by atoms with Crippen LogP contribution in [-0.2, 0) is 0 Å². The lowest BCUT2D eigenvalue weighted by molar-refractivity contribution is 0.0697. The van der Waals surface area contributed by atoms with Crippen LogP contribution >= 0.6 is 0 Å². The summed E-state index contributed by atoms with van der Waals surface area (Å²) in [5.74, 6) is -1.02. The van der Waals surface area contributed by atoms with Crippen LogP contribution < -0.4 is 4.90 Å². The molecule has 1 aliphatic carbocycles. The lowest BCUT2D eigenvalue weighted by Crippen LogP contribution is -2.43. The Kier molecular flexibility index (Phi) is 4.83. The van der Waals surface area contributed by atoms with Gasteiger partial charge in [0.05, 0.1) is 11.3 Å². The van der Waals surface area contributed by atoms with Crippen molar-refractivity contribution in [1.29, 1.82) is 0 Å². The molecule has 0 heterocycles. The zero-order valence-corrected chi connectivity index (χ0v) is 12.6. The standard InChI is InChI=1S/C16H22N2O3/c1-3-4-11-18(12-9-10-12)16(21)17(2)14-8-6-5-7-13(14)15(19)20/h5-8,12H,3-4,9-11H2,1-2H3,(H,19,20). The van der Waals surface area contributed by atoms with Crippen molar-refractivity contribution in [1.82, 2.24) is 4.90 Å². The first-order valence-corrected chi connectivity index (χ1v) is 7.43. The van der Waals surface area contributed by atoms with Crippen molar-refractivity contribution >= 4 is 17.7 Å². The van der Waals surface area contributed by atoms with Gasteiger partial charge < -0.3 is 10.0 Å². The summed E-state index contributed by atoms with van der Waals surface area (Å²) in [4.78, 5) is 27.3. The predicted molar refractivity (Wildman–Crippen MR) is 81.8 cm³/mol. The van der Waals surface area contributed by atoms with Crippen LogP contribution in [-0.4, -0.2) is 41.6 Å². The Balaban J connectivity index is 2.19. The van der Waals surface area contributed by atoms with Crippen LogP contribution in [0.3, 0.4) is 0 Å². The quantitative estimate of drug-likeness (QED) is 0.875. The summed E-state index contributed by atoms with van der Waals surface area (Å²) < 4.78 is 0. The number of carbonyl (C=O) groups excluding carboxylic acids is 1. The highest BCUT2D eigenvalue weighted by Crippen LogP contribution is 2.29. The van der Waals surface area contributed by atoms with Crippen molar-refractivity contribution in [3.8, 4) is 0 Å². The van der Waals surface area contributed by atoms with Crippen molar-refractivity contribution in [3.63, 3.8) is 0 Å². The fourth-order valence-electron chi connectivity index (χ4n) is 2.39. The second-order valence-electron chi connectivity index (χ2n) is 5.44. The van der Waals surface area contributed by atoms with Crippen LogP contribution in [0, 0.1) is 0 Å². The van der Waals surface area contributed by atoms with Gasteiger partial charge in [-0.1, -0.05) is 25.5 Å². The van der Waals surface area contributed by atoms with Gasteiger partial charge in [0.1, 0.15) is 0 Å². The molecule has 1 aliphatic rings. The number of benzene rings is 1. The van der Waals surface area contributed by atoms with Gasteiger partial charge in [0.15, 0.2) is 0 Å². The molecule has 0 radical (unpaired) electrons. The van der Waals surface area contributed by atoms with Crippen molar-refractivity contribution in [2.75, 3.05) is 18.5 Å². The van der Waals surface area contributed by atoms with Gasteiger partial charge in [0.25, 0.3) is 0 Å². The Hall–Kier alpha value is -2.04. The maximum Gasteiger partial charge on any atom is 0.337 e. The van der Waals surface area contributed by atoms with Gasteiger partial charge in [-0.2, -0.15) is 0 Å². The van der Waals surface area contributed by atoms with E-state index < -0.39 is 5.97 Å². The van der Waals surface area contributed by atoms with E-state index in [1.807, 2.05) is 4.90 Å². The van der Waals surface area contributed by atoms with Crippen molar-refractivity contribution in [2.24, 2.45) is 0 Å². The summed E-state index contributed by atoms with van der Waals surface area (Å²) in [7, 11) is 1.64. The number of amides is 2. The average Bonchev–Trinajstić information content (AvgIpc) is 3.31. The van der Waals surface area contributed by atoms with Gasteiger partial charge in [-0.05, 0) is 31.4 Å². The van der Waals surface area contributed by atoms with E-state index in [0.717, 1.165) is 32.2 Å². The molecule has 1 saturated carbocycles. The monoisotopic (exact) mass is 290 g/mol. The van der Waals surface area contributed by atoms with Crippen LogP contribution in [0.25, 0.3) is 0 Å². The van der Waals surface area contributed by atoms with Gasteiger partial charge in [0, 0.05) is 19.6 Å². The van der Waals surface area contributed by atoms with Crippen LogP contribution in [0.5, 0.6) is 0 Å². The lowest BCUT2D eigenvalue weighted by atomic mass is 10.1. The largest absolute Gasteiger partial charge is 0.478 e. The summed E-state index contributed by atoms with van der Waals surface area (Å²) in [6.45, 7) is 2.83. The van der Waals surface area contributed by atoms with E-state index >= 15 is 0 Å². The third-order valence-corrected chi connectivity index (χ3v) is 3.77. The number of carbonyl (C=O) groups is 2. The number of hydrogen-bond acceptors (Lipinski definition) is 2. The second-order valence-corrected chi connectivity index (χ2v) is 5.44. The number of unbranched alkanes of at least 4 members (excludes halogenated alkanes) is 1. The number of anilines is 1. The third-order valence-electron chi connectivity index (χ3n) is 3.77. The van der Waals surface area contributed by atoms with E-state index in [9.17, 15) is 14.7 Å². The van der Waals surface area contributed by atoms with E-state index in [2.05, 4.69) is 6.92 Å². The van der Waals surface area contributed by atoms with Crippen molar-refractivity contribution in [2.45, 2.75) is 38.6 Å². The highest BCUT2D eigenvalue weighted by molar-refractivity contribution is 6.01. The van der Waals surface area contributed by atoms with Gasteiger partial charge >= 0.3 is 12.0 Å². The molecule has 1 aromatic carbocycles. The number of para-hydroxylation sites is 1. The Morgan fingerprint density at radius 1 is 1.29 bits per heavy atom. The summed E-state index contributed by atoms with van der Waals surface area (Å²) in [6, 6.07) is 6.82. The first-order valence-electron chi connectivity index (χ1n) is 7.43. The summed E-state index contributed by atoms with van der Waals surface area (Å²) in [5, 5.41) is 9.25. The number of aromatic carboxylic acids is 1. The van der Waals surface area contributed by atoms with Gasteiger partial charge in [0.2, 0.25) is 0 Å². The van der Waals surface area contributed by atoms with E-state index in [1.165, 1.54) is 11.0 Å². The van der Waals surface area contributed by atoms with Crippen LogP contribution in [0.15, 0.2) is 24.3 Å². The molecule has 0 spiro atoms. The molecule has 21 heavy (non-hydrogen) atoms. The topological polar surface area (TPSA) is 60.9 Å². The number of urea groups is 1. The molecule has 0 saturated heterocycles. The van der Waals surface area contributed by atoms with E-state index in [1.54, 1.807) is 25.2 Å². The molecule has 0 aromatic heterocycles. The number of rotatable bonds is 6. The van der Waals surface area contributed by atoms with Gasteiger partial charge in [-0.25, -0.2) is 9.59 Å². The number of hydrogen-bond donors (Lipinski definition) is 1. The van der Waals surface area contributed by atoms with Crippen molar-refractivity contribution < 1.29 is 14.7 Å². The smallest absolute Gasteiger partial charge is 0.337 e. The molecule has 2 amide bonds. The SMILES string of the molecule is CCCCN(C(=O)N(C)c1ccccc1C(=O)O)C1CC1. The summed E-state index contributed by atoms with van der Waals surface area (Å²) >= 11 is 0. The average molecular weight is 290 g/mol. The molecule has 1 fully saturated rings. The highest BCUT2D eigenvalue weighted by Gasteiger charge is 2.34. The molecule has 1 N–H and O–H groups in total. The molecule has 2 rings (SSSR count). The maximum atomic E-state index is 12.7. The molecule has 0 aliphatic heterocycles. The van der Waals surface area contributed by atoms with Gasteiger partial charge in [-0.3, -0.25) is 4.90 Å². The Morgan fingerprint density at radius 2 is 1.95 bits per heavy atom. The summed E-state index contributed by atoms with van der Waals surface area (Å²) in [5.41, 5.74) is 0.594. The first kappa shape index (κ1) is 15.4. The highest BCUT2D eigenvalue weighted by atomic mass is 16.4. The predicted octanol–water partition coefficient (Wildman–Crippen LogP) is 3.21. The maximum absolute atomic E-state index is 12.7. The fraction of sp³-hybridized carbons (Fsp3) is 0.500. The van der Waals surface area contributed by atoms with Crippen LogP contribution in [0.4, 0.5) is 10.5 Å². The van der Waals surface area contributed by atoms with Crippen LogP contribution in [0.2, 0.25) is 0 Å². The third kappa shape index (κ3) is 3.54. The fourth-order valence-corrected chi connectivity index (χ4v) is 2.39. The number of nitrogens with zero attached hydrogens (tertiary/aromatic N) is 2. The molecular weight excluding hydrogens is 268 g/mol. The Labute approximate surface area is 125 Å². The Morgan fingerprint density at radius 3 is 2.52 bits per heavy atom. The zero-order chi connectivity index (χ0) is 15.4. The van der Waals surface area contributed by atoms with Gasteiger partial charge in [-0.15, -0.1) is 0 Å². The minimum absolute atomic E-state index is 0.111. The summed E-state index contributed by atoms with van der Waals surface area (Å²) in [6.07, 6.45) is 4.09. The number of carboxylic acid groups (broad SMARTS) is 1. The van der Waals surface area contributed by atoms with Crippen molar-refractivity contribution in [3.05, 3.63) is 29.8 Å². The van der Waals surface area contributed by atoms with E-state index in [4.69, 9.17) is 0 Å². The van der Waals surface area contributed by atoms with E-state index in [-0.39, 0.29) is 11.6 Å². The molecule has 5 nitrogen and oxygen atoms in total. The molecule has 0 unspecified atom stereocenters. The molecule has 0 bridgehead atoms. The molecule has 1 aromatic rings. The normalized spacial score (nSPS) is 13.8. The number of carboxylic acids is 1. The zero-order valence-electron chi connectivity index (χ0n) is 12.6. The minimum Gasteiger partial charge on any atom is -0.478 e. The molecule has 5 heteroatoms. The van der Waals surface area contributed by atoms with E-state index in [0.29, 0.717) is 11.7 Å². The Bertz CT molecular complexity index is 526. The minimum atomic E-state index is -1.02. The first-order chi connectivity index (χ1) is 10.1. The molecule has 0 atom stereocenters. The molecular formula is C16H22N2O3. The molecule has 114 valence electrons. The van der Waals surface area contributed by atoms with Crippen LogP contribution in [0.1, 0.15) is 43.0 Å². The second kappa shape index (κ2) is 6.61.